The second-order valence-corrected chi connectivity index (χ2v) is 4.56. The number of nitrogens with two attached hydrogens (primary N) is 1. The fourth-order valence-electron chi connectivity index (χ4n) is 2.27. The predicted octanol–water partition coefficient (Wildman–Crippen LogP) is 1.35. The third-order valence-corrected chi connectivity index (χ3v) is 3.41. The van der Waals surface area contributed by atoms with Crippen molar-refractivity contribution in [3.8, 4) is 0 Å². The van der Waals surface area contributed by atoms with Crippen molar-refractivity contribution < 1.29 is 0 Å². The average molecular weight is 208 g/mol. The molecule has 0 amide bonds. The van der Waals surface area contributed by atoms with Crippen LogP contribution in [0.4, 0.5) is 5.69 Å². The van der Waals surface area contributed by atoms with E-state index >= 15 is 0 Å². The molecule has 0 bridgehead atoms. The molecule has 2 N–H and O–H groups in total. The van der Waals surface area contributed by atoms with Crippen LogP contribution in [0.5, 0.6) is 0 Å². The summed E-state index contributed by atoms with van der Waals surface area (Å²) in [6, 6.07) is 0.539. The molecule has 0 atom stereocenters. The summed E-state index contributed by atoms with van der Waals surface area (Å²) in [4.78, 5) is 2.37. The second-order valence-electron chi connectivity index (χ2n) is 4.56. The molecule has 1 aliphatic heterocycles. The summed E-state index contributed by atoms with van der Waals surface area (Å²) in [6.45, 7) is 6.35. The van der Waals surface area contributed by atoms with Gasteiger partial charge in [-0.3, -0.25) is 4.68 Å². The Morgan fingerprint density at radius 3 is 2.33 bits per heavy atom. The molecule has 0 unspecified atom stereocenters. The molecule has 1 aromatic heterocycles. The van der Waals surface area contributed by atoms with Crippen LogP contribution >= 0.6 is 0 Å². The number of rotatable bonds is 1. The van der Waals surface area contributed by atoms with Gasteiger partial charge >= 0.3 is 0 Å². The summed E-state index contributed by atoms with van der Waals surface area (Å²) < 4.78 is 2.12. The van der Waals surface area contributed by atoms with E-state index in [4.69, 9.17) is 5.73 Å². The number of anilines is 1. The van der Waals surface area contributed by atoms with Crippen molar-refractivity contribution in [2.75, 3.05) is 25.9 Å². The highest BCUT2D eigenvalue weighted by molar-refractivity contribution is 5.47. The number of nitrogens with zero attached hydrogens (tertiary/aromatic N) is 3. The standard InChI is InChI=1S/C11H20N4/c1-8-11(12)9(2)15(13-8)10-4-6-14(3)7-5-10/h10H,4-7,12H2,1-3H3. The van der Waals surface area contributed by atoms with Gasteiger partial charge in [0.2, 0.25) is 0 Å². The zero-order chi connectivity index (χ0) is 11.0. The molecule has 1 aromatic rings. The Labute approximate surface area is 91.1 Å². The minimum absolute atomic E-state index is 0.539. The fraction of sp³-hybridized carbons (Fsp3) is 0.727. The SMILES string of the molecule is Cc1nn(C2CCN(C)CC2)c(C)c1N. The van der Waals surface area contributed by atoms with Gasteiger partial charge in [-0.25, -0.2) is 0 Å². The molecule has 0 saturated carbocycles. The van der Waals surface area contributed by atoms with Crippen LogP contribution in [0, 0.1) is 13.8 Å². The fourth-order valence-corrected chi connectivity index (χ4v) is 2.27. The number of aryl methyl sites for hydroxylation is 1. The van der Waals surface area contributed by atoms with Gasteiger partial charge in [0.15, 0.2) is 0 Å². The van der Waals surface area contributed by atoms with Gasteiger partial charge in [0.1, 0.15) is 0 Å². The molecule has 2 rings (SSSR count). The van der Waals surface area contributed by atoms with Crippen molar-refractivity contribution in [2.24, 2.45) is 0 Å². The van der Waals surface area contributed by atoms with Crippen LogP contribution in [0.25, 0.3) is 0 Å². The maximum absolute atomic E-state index is 5.94. The first-order valence-corrected chi connectivity index (χ1v) is 5.59. The summed E-state index contributed by atoms with van der Waals surface area (Å²) >= 11 is 0. The lowest BCUT2D eigenvalue weighted by molar-refractivity contribution is 0.210. The lowest BCUT2D eigenvalue weighted by Gasteiger charge is -2.29. The van der Waals surface area contributed by atoms with Crippen molar-refractivity contribution in [3.63, 3.8) is 0 Å². The first-order chi connectivity index (χ1) is 7.09. The number of aromatic nitrogens is 2. The van der Waals surface area contributed by atoms with Crippen LogP contribution in [0.1, 0.15) is 30.3 Å². The molecule has 1 aliphatic rings. The zero-order valence-corrected chi connectivity index (χ0v) is 9.82. The van der Waals surface area contributed by atoms with E-state index in [2.05, 4.69) is 28.7 Å². The molecule has 1 fully saturated rings. The van der Waals surface area contributed by atoms with Gasteiger partial charge < -0.3 is 10.6 Å². The molecule has 1 saturated heterocycles. The molecular formula is C11H20N4. The van der Waals surface area contributed by atoms with Gasteiger partial charge in [0.05, 0.1) is 23.1 Å². The van der Waals surface area contributed by atoms with E-state index in [1.165, 1.54) is 12.8 Å². The minimum atomic E-state index is 0.539. The Morgan fingerprint density at radius 2 is 1.87 bits per heavy atom. The van der Waals surface area contributed by atoms with Crippen LogP contribution in [0.2, 0.25) is 0 Å². The molecule has 4 heteroatoms. The minimum Gasteiger partial charge on any atom is -0.396 e. The maximum atomic E-state index is 5.94. The van der Waals surface area contributed by atoms with Crippen molar-refractivity contribution >= 4 is 5.69 Å². The Bertz CT molecular complexity index is 348. The van der Waals surface area contributed by atoms with Crippen LogP contribution in [-0.2, 0) is 0 Å². The highest BCUT2D eigenvalue weighted by Gasteiger charge is 2.21. The second kappa shape index (κ2) is 3.85. The summed E-state index contributed by atoms with van der Waals surface area (Å²) in [7, 11) is 2.17. The molecule has 0 aromatic carbocycles. The highest BCUT2D eigenvalue weighted by atomic mass is 15.3. The normalized spacial score (nSPS) is 19.7. The van der Waals surface area contributed by atoms with E-state index in [9.17, 15) is 0 Å². The molecule has 0 radical (unpaired) electrons. The molecule has 0 spiro atoms. The Morgan fingerprint density at radius 1 is 1.27 bits per heavy atom. The predicted molar refractivity (Wildman–Crippen MR) is 61.9 cm³/mol. The Kier molecular flexibility index (Phi) is 2.69. The van der Waals surface area contributed by atoms with Crippen LogP contribution in [-0.4, -0.2) is 34.8 Å². The molecule has 0 aliphatic carbocycles. The van der Waals surface area contributed by atoms with Crippen molar-refractivity contribution in [3.05, 3.63) is 11.4 Å². The number of piperidine rings is 1. The van der Waals surface area contributed by atoms with Crippen molar-refractivity contribution in [1.82, 2.24) is 14.7 Å². The summed E-state index contributed by atoms with van der Waals surface area (Å²) in [5, 5.41) is 4.53. The molecule has 84 valence electrons. The van der Waals surface area contributed by atoms with Gasteiger partial charge in [-0.1, -0.05) is 0 Å². The van der Waals surface area contributed by atoms with Gasteiger partial charge in [0, 0.05) is 0 Å². The van der Waals surface area contributed by atoms with Gasteiger partial charge in [0.25, 0.3) is 0 Å². The van der Waals surface area contributed by atoms with Crippen molar-refractivity contribution in [2.45, 2.75) is 32.7 Å². The van der Waals surface area contributed by atoms with E-state index < -0.39 is 0 Å². The topological polar surface area (TPSA) is 47.1 Å². The number of likely N-dealkylation sites (tertiary alicyclic amines) is 1. The van der Waals surface area contributed by atoms with E-state index in [-0.39, 0.29) is 0 Å². The van der Waals surface area contributed by atoms with Crippen molar-refractivity contribution in [1.29, 1.82) is 0 Å². The zero-order valence-electron chi connectivity index (χ0n) is 9.82. The van der Waals surface area contributed by atoms with Crippen LogP contribution in [0.15, 0.2) is 0 Å². The Hall–Kier alpha value is -1.03. The van der Waals surface area contributed by atoms with E-state index in [1.54, 1.807) is 0 Å². The first kappa shape index (κ1) is 10.5. The number of hydrogen-bond donors (Lipinski definition) is 1. The number of hydrogen-bond acceptors (Lipinski definition) is 3. The smallest absolute Gasteiger partial charge is 0.0826 e. The van der Waals surface area contributed by atoms with Gasteiger partial charge in [-0.05, 0) is 46.8 Å². The Balaban J connectivity index is 2.19. The summed E-state index contributed by atoms with van der Waals surface area (Å²) in [5.74, 6) is 0. The summed E-state index contributed by atoms with van der Waals surface area (Å²) in [5.41, 5.74) is 8.89. The van der Waals surface area contributed by atoms with E-state index in [1.807, 2.05) is 6.92 Å². The van der Waals surface area contributed by atoms with E-state index in [0.29, 0.717) is 6.04 Å². The van der Waals surface area contributed by atoms with E-state index in [0.717, 1.165) is 30.2 Å². The van der Waals surface area contributed by atoms with Gasteiger partial charge in [-0.15, -0.1) is 0 Å². The lowest BCUT2D eigenvalue weighted by Crippen LogP contribution is -2.32. The maximum Gasteiger partial charge on any atom is 0.0826 e. The molecule has 4 nitrogen and oxygen atoms in total. The lowest BCUT2D eigenvalue weighted by atomic mass is 10.1. The van der Waals surface area contributed by atoms with Gasteiger partial charge in [-0.2, -0.15) is 5.10 Å². The quantitative estimate of drug-likeness (QED) is 0.757. The largest absolute Gasteiger partial charge is 0.396 e. The monoisotopic (exact) mass is 208 g/mol. The highest BCUT2D eigenvalue weighted by Crippen LogP contribution is 2.26. The molecular weight excluding hydrogens is 188 g/mol. The third-order valence-electron chi connectivity index (χ3n) is 3.41. The molecule has 15 heavy (non-hydrogen) atoms. The summed E-state index contributed by atoms with van der Waals surface area (Å²) in [6.07, 6.45) is 2.36. The van der Waals surface area contributed by atoms with Crippen LogP contribution < -0.4 is 5.73 Å². The third kappa shape index (κ3) is 1.86. The molecule has 2 heterocycles. The average Bonchev–Trinajstić information content (AvgIpc) is 2.47. The first-order valence-electron chi connectivity index (χ1n) is 5.59. The van der Waals surface area contributed by atoms with Crippen LogP contribution in [0.3, 0.4) is 0 Å². The number of nitrogen functional groups attached to an aromatic ring is 1.